The monoisotopic (exact) mass is 332 g/mol. The van der Waals surface area contributed by atoms with E-state index < -0.39 is 0 Å². The van der Waals surface area contributed by atoms with Crippen molar-refractivity contribution in [2.24, 2.45) is 5.73 Å². The lowest BCUT2D eigenvalue weighted by Gasteiger charge is -2.30. The molecule has 20 heavy (non-hydrogen) atoms. The minimum Gasteiger partial charge on any atom is -0.339 e. The van der Waals surface area contributed by atoms with Crippen LogP contribution in [0.4, 0.5) is 5.95 Å². The second kappa shape index (κ2) is 5.89. The number of halogens is 1. The van der Waals surface area contributed by atoms with Gasteiger partial charge >= 0.3 is 0 Å². The summed E-state index contributed by atoms with van der Waals surface area (Å²) < 4.78 is 1.05. The molecule has 2 N–H and O–H groups in total. The summed E-state index contributed by atoms with van der Waals surface area (Å²) in [6.45, 7) is 1.83. The van der Waals surface area contributed by atoms with E-state index in [1.54, 1.807) is 0 Å². The minimum absolute atomic E-state index is 0.232. The molecule has 104 valence electrons. The fraction of sp³-hybridized carbons (Fsp3) is 0.333. The Kier molecular flexibility index (Phi) is 3.98. The summed E-state index contributed by atoms with van der Waals surface area (Å²) in [6, 6.07) is 8.32. The zero-order valence-corrected chi connectivity index (χ0v) is 12.8. The second-order valence-electron chi connectivity index (χ2n) is 5.10. The van der Waals surface area contributed by atoms with Crippen LogP contribution in [0.25, 0.3) is 11.1 Å². The van der Waals surface area contributed by atoms with E-state index in [0.29, 0.717) is 0 Å². The number of benzene rings is 1. The van der Waals surface area contributed by atoms with Crippen molar-refractivity contribution in [1.29, 1.82) is 0 Å². The molecular formula is C15H17BrN4. The average Bonchev–Trinajstić information content (AvgIpc) is 2.48. The molecule has 0 saturated carbocycles. The van der Waals surface area contributed by atoms with Crippen LogP contribution < -0.4 is 10.6 Å². The van der Waals surface area contributed by atoms with Gasteiger partial charge in [0.15, 0.2) is 0 Å². The van der Waals surface area contributed by atoms with Gasteiger partial charge in [-0.3, -0.25) is 0 Å². The molecule has 3 rings (SSSR count). The highest BCUT2D eigenvalue weighted by Gasteiger charge is 2.18. The van der Waals surface area contributed by atoms with Crippen molar-refractivity contribution in [3.8, 4) is 11.1 Å². The SMILES string of the molecule is NC1CCCN(c2ncc(-c3ccccc3Br)cn2)C1. The topological polar surface area (TPSA) is 55.0 Å². The van der Waals surface area contributed by atoms with Gasteiger partial charge in [-0.1, -0.05) is 34.1 Å². The summed E-state index contributed by atoms with van der Waals surface area (Å²) in [5, 5.41) is 0. The summed E-state index contributed by atoms with van der Waals surface area (Å²) in [4.78, 5) is 11.2. The van der Waals surface area contributed by atoms with Crippen molar-refractivity contribution in [2.45, 2.75) is 18.9 Å². The molecule has 1 aromatic carbocycles. The number of nitrogens with zero attached hydrogens (tertiary/aromatic N) is 3. The number of piperidine rings is 1. The average molecular weight is 333 g/mol. The largest absolute Gasteiger partial charge is 0.339 e. The van der Waals surface area contributed by atoms with Gasteiger partial charge < -0.3 is 10.6 Å². The first-order valence-corrected chi connectivity index (χ1v) is 7.61. The highest BCUT2D eigenvalue weighted by atomic mass is 79.9. The van der Waals surface area contributed by atoms with Crippen LogP contribution in [0.2, 0.25) is 0 Å². The van der Waals surface area contributed by atoms with Gasteiger partial charge in [-0.2, -0.15) is 0 Å². The Labute approximate surface area is 127 Å². The van der Waals surface area contributed by atoms with Crippen molar-refractivity contribution < 1.29 is 0 Å². The number of anilines is 1. The maximum Gasteiger partial charge on any atom is 0.225 e. The van der Waals surface area contributed by atoms with Crippen LogP contribution in [0.15, 0.2) is 41.1 Å². The highest BCUT2D eigenvalue weighted by molar-refractivity contribution is 9.10. The van der Waals surface area contributed by atoms with E-state index in [4.69, 9.17) is 5.73 Å². The quantitative estimate of drug-likeness (QED) is 0.918. The molecule has 0 aliphatic carbocycles. The standard InChI is InChI=1S/C15H17BrN4/c16-14-6-2-1-5-13(14)11-8-18-15(19-9-11)20-7-3-4-12(17)10-20/h1-2,5-6,8-9,12H,3-4,7,10,17H2. The fourth-order valence-electron chi connectivity index (χ4n) is 2.51. The summed E-state index contributed by atoms with van der Waals surface area (Å²) in [7, 11) is 0. The molecule has 0 radical (unpaired) electrons. The van der Waals surface area contributed by atoms with Gasteiger partial charge in [-0.05, 0) is 24.5 Å². The Morgan fingerprint density at radius 3 is 2.65 bits per heavy atom. The Hall–Kier alpha value is -1.46. The second-order valence-corrected chi connectivity index (χ2v) is 5.95. The first-order chi connectivity index (χ1) is 9.74. The third kappa shape index (κ3) is 2.83. The van der Waals surface area contributed by atoms with Crippen molar-refractivity contribution in [3.63, 3.8) is 0 Å². The maximum atomic E-state index is 6.00. The van der Waals surface area contributed by atoms with Crippen molar-refractivity contribution in [1.82, 2.24) is 9.97 Å². The van der Waals surface area contributed by atoms with Crippen LogP contribution in [0.1, 0.15) is 12.8 Å². The van der Waals surface area contributed by atoms with Gasteiger partial charge in [0.1, 0.15) is 0 Å². The molecule has 0 amide bonds. The van der Waals surface area contributed by atoms with Crippen LogP contribution in [0, 0.1) is 0 Å². The molecule has 2 aromatic rings. The Morgan fingerprint density at radius 1 is 1.20 bits per heavy atom. The van der Waals surface area contributed by atoms with Crippen LogP contribution in [0.5, 0.6) is 0 Å². The van der Waals surface area contributed by atoms with E-state index in [9.17, 15) is 0 Å². The first-order valence-electron chi connectivity index (χ1n) is 6.81. The van der Waals surface area contributed by atoms with E-state index in [1.807, 2.05) is 30.6 Å². The molecule has 2 heterocycles. The predicted octanol–water partition coefficient (Wildman–Crippen LogP) is 2.83. The lowest BCUT2D eigenvalue weighted by Crippen LogP contribution is -2.43. The van der Waals surface area contributed by atoms with E-state index >= 15 is 0 Å². The Morgan fingerprint density at radius 2 is 1.95 bits per heavy atom. The molecule has 1 atom stereocenters. The molecule has 1 unspecified atom stereocenters. The molecule has 1 saturated heterocycles. The normalized spacial score (nSPS) is 19.1. The highest BCUT2D eigenvalue weighted by Crippen LogP contribution is 2.27. The van der Waals surface area contributed by atoms with Crippen molar-refractivity contribution in [3.05, 3.63) is 41.1 Å². The summed E-state index contributed by atoms with van der Waals surface area (Å²) in [5.41, 5.74) is 8.12. The van der Waals surface area contributed by atoms with Gasteiger partial charge in [0.25, 0.3) is 0 Å². The number of rotatable bonds is 2. The molecule has 4 nitrogen and oxygen atoms in total. The number of aromatic nitrogens is 2. The van der Waals surface area contributed by atoms with Crippen molar-refractivity contribution in [2.75, 3.05) is 18.0 Å². The molecule has 5 heteroatoms. The third-order valence-corrected chi connectivity index (χ3v) is 4.26. The lowest BCUT2D eigenvalue weighted by molar-refractivity contribution is 0.500. The van der Waals surface area contributed by atoms with Crippen LogP contribution in [-0.2, 0) is 0 Å². The first kappa shape index (κ1) is 13.5. The molecule has 1 aliphatic heterocycles. The van der Waals surface area contributed by atoms with Gasteiger partial charge in [-0.15, -0.1) is 0 Å². The molecule has 0 spiro atoms. The molecular weight excluding hydrogens is 316 g/mol. The number of hydrogen-bond acceptors (Lipinski definition) is 4. The number of hydrogen-bond donors (Lipinski definition) is 1. The van der Waals surface area contributed by atoms with E-state index in [2.05, 4.69) is 36.9 Å². The smallest absolute Gasteiger partial charge is 0.225 e. The van der Waals surface area contributed by atoms with Gasteiger partial charge in [0, 0.05) is 41.6 Å². The zero-order valence-electron chi connectivity index (χ0n) is 11.2. The molecule has 1 fully saturated rings. The van der Waals surface area contributed by atoms with E-state index in [-0.39, 0.29) is 6.04 Å². The van der Waals surface area contributed by atoms with Crippen LogP contribution in [0.3, 0.4) is 0 Å². The minimum atomic E-state index is 0.232. The lowest BCUT2D eigenvalue weighted by atomic mass is 10.1. The Bertz CT molecular complexity index is 585. The molecule has 1 aliphatic rings. The summed E-state index contributed by atoms with van der Waals surface area (Å²) in [5.74, 6) is 0.774. The van der Waals surface area contributed by atoms with E-state index in [0.717, 1.165) is 47.5 Å². The molecule has 1 aromatic heterocycles. The Balaban J connectivity index is 1.83. The van der Waals surface area contributed by atoms with Gasteiger partial charge in [0.05, 0.1) is 0 Å². The summed E-state index contributed by atoms with van der Waals surface area (Å²) >= 11 is 3.55. The zero-order chi connectivity index (χ0) is 13.9. The third-order valence-electron chi connectivity index (χ3n) is 3.56. The van der Waals surface area contributed by atoms with E-state index in [1.165, 1.54) is 0 Å². The van der Waals surface area contributed by atoms with Crippen molar-refractivity contribution >= 4 is 21.9 Å². The number of nitrogens with two attached hydrogens (primary N) is 1. The van der Waals surface area contributed by atoms with Gasteiger partial charge in [0.2, 0.25) is 5.95 Å². The van der Waals surface area contributed by atoms with Gasteiger partial charge in [-0.25, -0.2) is 9.97 Å². The predicted molar refractivity (Wildman–Crippen MR) is 84.6 cm³/mol. The van der Waals surface area contributed by atoms with Crippen LogP contribution >= 0.6 is 15.9 Å². The maximum absolute atomic E-state index is 6.00. The molecule has 0 bridgehead atoms. The fourth-order valence-corrected chi connectivity index (χ4v) is 3.02. The summed E-state index contributed by atoms with van der Waals surface area (Å²) in [6.07, 6.45) is 5.95. The van der Waals surface area contributed by atoms with Crippen LogP contribution in [-0.4, -0.2) is 29.1 Å².